The predicted molar refractivity (Wildman–Crippen MR) is 95.0 cm³/mol. The second kappa shape index (κ2) is 8.61. The Labute approximate surface area is 150 Å². The number of carbonyl (C=O) groups excluding carboxylic acids is 2. The van der Waals surface area contributed by atoms with Crippen LogP contribution in [-0.4, -0.2) is 30.4 Å². The molecule has 2 N–H and O–H groups in total. The number of rotatable bonds is 7. The van der Waals surface area contributed by atoms with E-state index in [1.807, 2.05) is 31.2 Å². The fourth-order valence-electron chi connectivity index (χ4n) is 2.21. The Morgan fingerprint density at radius 3 is 2.42 bits per heavy atom. The van der Waals surface area contributed by atoms with E-state index in [0.29, 0.717) is 6.54 Å². The third-order valence-corrected chi connectivity index (χ3v) is 3.66. The molecule has 2 aromatic rings. The van der Waals surface area contributed by atoms with E-state index in [4.69, 9.17) is 4.74 Å². The molecule has 0 spiro atoms. The fraction of sp³-hybridized carbons (Fsp3) is 0.222. The summed E-state index contributed by atoms with van der Waals surface area (Å²) in [4.78, 5) is 34.3. The third kappa shape index (κ3) is 5.04. The van der Waals surface area contributed by atoms with Gasteiger partial charge in [-0.05, 0) is 24.6 Å². The van der Waals surface area contributed by atoms with Gasteiger partial charge in [0.05, 0.1) is 18.6 Å². The lowest BCUT2D eigenvalue weighted by Gasteiger charge is -2.08. The average molecular weight is 357 g/mol. The molecule has 2 rings (SSSR count). The van der Waals surface area contributed by atoms with Crippen molar-refractivity contribution in [2.75, 3.05) is 13.7 Å². The third-order valence-electron chi connectivity index (χ3n) is 3.66. The van der Waals surface area contributed by atoms with Gasteiger partial charge in [0.1, 0.15) is 0 Å². The van der Waals surface area contributed by atoms with E-state index < -0.39 is 10.8 Å². The van der Waals surface area contributed by atoms with E-state index in [9.17, 15) is 19.7 Å². The van der Waals surface area contributed by atoms with Crippen molar-refractivity contribution < 1.29 is 19.2 Å². The molecule has 0 aromatic heterocycles. The van der Waals surface area contributed by atoms with Gasteiger partial charge in [-0.25, -0.2) is 0 Å². The van der Waals surface area contributed by atoms with Gasteiger partial charge >= 0.3 is 5.69 Å². The minimum Gasteiger partial charge on any atom is -0.490 e. The minimum absolute atomic E-state index is 0.0578. The van der Waals surface area contributed by atoms with Crippen LogP contribution in [0.4, 0.5) is 5.69 Å². The molecule has 0 bridgehead atoms. The van der Waals surface area contributed by atoms with E-state index in [1.165, 1.54) is 19.2 Å². The van der Waals surface area contributed by atoms with Gasteiger partial charge in [0.15, 0.2) is 5.75 Å². The summed E-state index contributed by atoms with van der Waals surface area (Å²) in [5, 5.41) is 16.1. The number of nitrogens with one attached hydrogen (secondary N) is 2. The lowest BCUT2D eigenvalue weighted by atomic mass is 10.1. The molecule has 0 saturated heterocycles. The molecular weight excluding hydrogens is 338 g/mol. The van der Waals surface area contributed by atoms with Crippen LogP contribution in [0.5, 0.6) is 5.75 Å². The van der Waals surface area contributed by atoms with Gasteiger partial charge in [-0.15, -0.1) is 0 Å². The molecule has 0 aliphatic heterocycles. The van der Waals surface area contributed by atoms with Crippen molar-refractivity contribution in [1.82, 2.24) is 10.6 Å². The Hall–Kier alpha value is -3.42. The zero-order valence-electron chi connectivity index (χ0n) is 14.4. The molecule has 0 saturated carbocycles. The molecule has 0 radical (unpaired) electrons. The number of nitrogens with zero attached hydrogens (tertiary/aromatic N) is 1. The molecule has 136 valence electrons. The van der Waals surface area contributed by atoms with Crippen molar-refractivity contribution in [2.45, 2.75) is 13.5 Å². The highest BCUT2D eigenvalue weighted by Crippen LogP contribution is 2.27. The zero-order chi connectivity index (χ0) is 19.1. The number of nitro groups is 1. The van der Waals surface area contributed by atoms with Crippen molar-refractivity contribution in [1.29, 1.82) is 0 Å². The summed E-state index contributed by atoms with van der Waals surface area (Å²) in [6.07, 6.45) is 0. The maximum absolute atomic E-state index is 12.1. The summed E-state index contributed by atoms with van der Waals surface area (Å²) in [6.45, 7) is 2.09. The molecule has 0 fully saturated rings. The first kappa shape index (κ1) is 18.9. The number of carbonyl (C=O) groups is 2. The van der Waals surface area contributed by atoms with Gasteiger partial charge in [0.2, 0.25) is 5.91 Å². The maximum Gasteiger partial charge on any atom is 0.311 e. The van der Waals surface area contributed by atoms with E-state index in [0.717, 1.165) is 17.2 Å². The molecule has 0 heterocycles. The van der Waals surface area contributed by atoms with Gasteiger partial charge < -0.3 is 15.4 Å². The number of hydrogen-bond donors (Lipinski definition) is 2. The average Bonchev–Trinajstić information content (AvgIpc) is 2.65. The number of ether oxygens (including phenoxy) is 1. The molecule has 0 aliphatic carbocycles. The largest absolute Gasteiger partial charge is 0.490 e. The molecule has 0 aliphatic rings. The van der Waals surface area contributed by atoms with Gasteiger partial charge in [-0.1, -0.05) is 29.8 Å². The van der Waals surface area contributed by atoms with Crippen LogP contribution in [0.3, 0.4) is 0 Å². The van der Waals surface area contributed by atoms with Crippen LogP contribution in [0.25, 0.3) is 0 Å². The summed E-state index contributed by atoms with van der Waals surface area (Å²) >= 11 is 0. The highest BCUT2D eigenvalue weighted by Gasteiger charge is 2.18. The van der Waals surface area contributed by atoms with Crippen molar-refractivity contribution in [3.63, 3.8) is 0 Å². The van der Waals surface area contributed by atoms with Gasteiger partial charge in [-0.2, -0.15) is 0 Å². The lowest BCUT2D eigenvalue weighted by Crippen LogP contribution is -2.36. The zero-order valence-corrected chi connectivity index (χ0v) is 14.4. The van der Waals surface area contributed by atoms with Crippen molar-refractivity contribution >= 4 is 17.5 Å². The van der Waals surface area contributed by atoms with Crippen LogP contribution < -0.4 is 15.4 Å². The van der Waals surface area contributed by atoms with E-state index in [2.05, 4.69) is 10.6 Å². The SMILES string of the molecule is COc1ccc(C(=O)NCC(=O)NCc2ccc(C)cc2)cc1[N+](=O)[O-]. The van der Waals surface area contributed by atoms with Crippen LogP contribution in [0.2, 0.25) is 0 Å². The fourth-order valence-corrected chi connectivity index (χ4v) is 2.21. The van der Waals surface area contributed by atoms with E-state index in [1.54, 1.807) is 0 Å². The summed E-state index contributed by atoms with van der Waals surface area (Å²) in [5.41, 5.74) is 1.83. The smallest absolute Gasteiger partial charge is 0.311 e. The number of amides is 2. The van der Waals surface area contributed by atoms with Gasteiger partial charge in [0, 0.05) is 18.2 Å². The number of nitro benzene ring substituents is 1. The Morgan fingerprint density at radius 1 is 1.12 bits per heavy atom. The number of aryl methyl sites for hydroxylation is 1. The summed E-state index contributed by atoms with van der Waals surface area (Å²) in [7, 11) is 1.31. The Bertz CT molecular complexity index is 818. The maximum atomic E-state index is 12.1. The van der Waals surface area contributed by atoms with E-state index in [-0.39, 0.29) is 29.5 Å². The van der Waals surface area contributed by atoms with Crippen LogP contribution in [0, 0.1) is 17.0 Å². The number of benzene rings is 2. The topological polar surface area (TPSA) is 111 Å². The molecule has 0 atom stereocenters. The number of methoxy groups -OCH3 is 1. The van der Waals surface area contributed by atoms with Gasteiger partial charge in [-0.3, -0.25) is 19.7 Å². The highest BCUT2D eigenvalue weighted by molar-refractivity contribution is 5.97. The summed E-state index contributed by atoms with van der Waals surface area (Å²) in [6, 6.07) is 11.5. The molecule has 2 amide bonds. The first-order valence-electron chi connectivity index (χ1n) is 7.83. The van der Waals surface area contributed by atoms with Crippen molar-refractivity contribution in [3.05, 3.63) is 69.3 Å². The van der Waals surface area contributed by atoms with Crippen LogP contribution in [0.1, 0.15) is 21.5 Å². The first-order valence-corrected chi connectivity index (χ1v) is 7.83. The Morgan fingerprint density at radius 2 is 1.81 bits per heavy atom. The molecule has 8 heteroatoms. The quantitative estimate of drug-likeness (QED) is 0.581. The Balaban J connectivity index is 1.89. The normalized spacial score (nSPS) is 10.1. The monoisotopic (exact) mass is 357 g/mol. The van der Waals surface area contributed by atoms with Crippen LogP contribution >= 0.6 is 0 Å². The molecule has 26 heavy (non-hydrogen) atoms. The highest BCUT2D eigenvalue weighted by atomic mass is 16.6. The summed E-state index contributed by atoms with van der Waals surface area (Å²) in [5.74, 6) is -0.884. The van der Waals surface area contributed by atoms with Crippen LogP contribution in [0.15, 0.2) is 42.5 Å². The van der Waals surface area contributed by atoms with Crippen molar-refractivity contribution in [3.8, 4) is 5.75 Å². The molecule has 8 nitrogen and oxygen atoms in total. The number of hydrogen-bond acceptors (Lipinski definition) is 5. The molecule has 0 unspecified atom stereocenters. The van der Waals surface area contributed by atoms with Crippen LogP contribution in [-0.2, 0) is 11.3 Å². The molecular formula is C18H19N3O5. The second-order valence-corrected chi connectivity index (χ2v) is 5.59. The second-order valence-electron chi connectivity index (χ2n) is 5.59. The first-order chi connectivity index (χ1) is 12.4. The van der Waals surface area contributed by atoms with Crippen molar-refractivity contribution in [2.24, 2.45) is 0 Å². The Kier molecular flexibility index (Phi) is 6.26. The molecule has 2 aromatic carbocycles. The standard InChI is InChI=1S/C18H19N3O5/c1-12-3-5-13(6-4-12)10-19-17(22)11-20-18(23)14-7-8-16(26-2)15(9-14)21(24)25/h3-9H,10-11H2,1-2H3,(H,19,22)(H,20,23). The summed E-state index contributed by atoms with van der Waals surface area (Å²) < 4.78 is 4.88. The van der Waals surface area contributed by atoms with E-state index >= 15 is 0 Å². The minimum atomic E-state index is -0.635. The van der Waals surface area contributed by atoms with Gasteiger partial charge in [0.25, 0.3) is 5.91 Å². The lowest BCUT2D eigenvalue weighted by molar-refractivity contribution is -0.385. The predicted octanol–water partition coefficient (Wildman–Crippen LogP) is 1.96.